The summed E-state index contributed by atoms with van der Waals surface area (Å²) in [6.07, 6.45) is -0.207. The molecule has 0 saturated carbocycles. The zero-order valence-corrected chi connectivity index (χ0v) is 10.1. The third-order valence-electron chi connectivity index (χ3n) is 2.62. The normalized spacial score (nSPS) is 16.8. The molecule has 1 aromatic carbocycles. The van der Waals surface area contributed by atoms with E-state index in [-0.39, 0.29) is 6.04 Å². The van der Waals surface area contributed by atoms with Crippen LogP contribution in [0.5, 0.6) is 0 Å². The van der Waals surface area contributed by atoms with Crippen molar-refractivity contribution in [2.45, 2.75) is 38.0 Å². The van der Waals surface area contributed by atoms with Gasteiger partial charge in [0, 0.05) is 0 Å². The highest BCUT2D eigenvalue weighted by atomic mass is 35.5. The van der Waals surface area contributed by atoms with E-state index in [1.165, 1.54) is 0 Å². The Morgan fingerprint density at radius 3 is 2.38 bits per heavy atom. The molecule has 0 saturated heterocycles. The smallest absolute Gasteiger partial charge is 0.106 e. The minimum Gasteiger partial charge on any atom is -0.388 e. The standard InChI is InChI=1S/C12H18ClNO2/c1-2-6-10(14-13)12(16)11(15)9-7-4-3-5-8-9/h3-5,7-8,10-12,14-16H,2,6H2,1H3/t10-,11?,12?/m0/s1. The Balaban J connectivity index is 2.69. The maximum Gasteiger partial charge on any atom is 0.106 e. The van der Waals surface area contributed by atoms with E-state index in [0.717, 1.165) is 6.42 Å². The topological polar surface area (TPSA) is 52.5 Å². The third kappa shape index (κ3) is 3.46. The van der Waals surface area contributed by atoms with Crippen molar-refractivity contribution in [3.8, 4) is 0 Å². The van der Waals surface area contributed by atoms with E-state index in [1.54, 1.807) is 12.1 Å². The largest absolute Gasteiger partial charge is 0.388 e. The van der Waals surface area contributed by atoms with Gasteiger partial charge in [0.2, 0.25) is 0 Å². The molecule has 90 valence electrons. The summed E-state index contributed by atoms with van der Waals surface area (Å²) in [5, 5.41) is 19.9. The van der Waals surface area contributed by atoms with Gasteiger partial charge in [-0.15, -0.1) is 0 Å². The Kier molecular flexibility index (Phi) is 5.77. The summed E-state index contributed by atoms with van der Waals surface area (Å²) in [5.74, 6) is 0. The van der Waals surface area contributed by atoms with Crippen molar-refractivity contribution in [1.29, 1.82) is 0 Å². The van der Waals surface area contributed by atoms with Gasteiger partial charge in [-0.25, -0.2) is 4.84 Å². The highest BCUT2D eigenvalue weighted by molar-refractivity contribution is 6.13. The lowest BCUT2D eigenvalue weighted by molar-refractivity contribution is -0.00234. The average Bonchev–Trinajstić information content (AvgIpc) is 2.35. The molecule has 2 unspecified atom stereocenters. The highest BCUT2D eigenvalue weighted by Crippen LogP contribution is 2.20. The van der Waals surface area contributed by atoms with Crippen molar-refractivity contribution in [2.24, 2.45) is 0 Å². The summed E-state index contributed by atoms with van der Waals surface area (Å²) in [4.78, 5) is 2.52. The number of nitrogens with one attached hydrogen (secondary N) is 1. The van der Waals surface area contributed by atoms with Crippen LogP contribution in [0.4, 0.5) is 0 Å². The fourth-order valence-corrected chi connectivity index (χ4v) is 1.91. The summed E-state index contributed by atoms with van der Waals surface area (Å²) in [6.45, 7) is 2.00. The molecular weight excluding hydrogens is 226 g/mol. The first-order valence-electron chi connectivity index (χ1n) is 5.48. The lowest BCUT2D eigenvalue weighted by atomic mass is 9.97. The van der Waals surface area contributed by atoms with Crippen molar-refractivity contribution in [1.82, 2.24) is 4.84 Å². The van der Waals surface area contributed by atoms with E-state index in [0.29, 0.717) is 12.0 Å². The molecule has 0 fully saturated rings. The molecule has 0 bridgehead atoms. The molecule has 0 spiro atoms. The molecule has 0 heterocycles. The molecule has 1 aromatic rings. The van der Waals surface area contributed by atoms with Gasteiger partial charge in [0.15, 0.2) is 0 Å². The maximum absolute atomic E-state index is 9.97. The lowest BCUT2D eigenvalue weighted by Crippen LogP contribution is -2.39. The van der Waals surface area contributed by atoms with Crippen LogP contribution in [-0.2, 0) is 0 Å². The van der Waals surface area contributed by atoms with E-state index in [2.05, 4.69) is 4.84 Å². The quantitative estimate of drug-likeness (QED) is 0.670. The summed E-state index contributed by atoms with van der Waals surface area (Å²) >= 11 is 5.55. The summed E-state index contributed by atoms with van der Waals surface area (Å²) in [5.41, 5.74) is 0.697. The van der Waals surface area contributed by atoms with Gasteiger partial charge in [-0.2, -0.15) is 0 Å². The van der Waals surface area contributed by atoms with Crippen molar-refractivity contribution in [2.75, 3.05) is 0 Å². The molecule has 4 heteroatoms. The SMILES string of the molecule is CCC[C@H](NCl)C(O)C(O)c1ccccc1. The molecule has 3 nitrogen and oxygen atoms in total. The first-order valence-corrected chi connectivity index (χ1v) is 5.85. The lowest BCUT2D eigenvalue weighted by Gasteiger charge is -2.25. The van der Waals surface area contributed by atoms with E-state index >= 15 is 0 Å². The van der Waals surface area contributed by atoms with Crippen LogP contribution in [0.1, 0.15) is 31.4 Å². The number of aliphatic hydroxyl groups is 2. The molecule has 3 atom stereocenters. The van der Waals surface area contributed by atoms with Crippen LogP contribution in [0.25, 0.3) is 0 Å². The fraction of sp³-hybridized carbons (Fsp3) is 0.500. The number of benzene rings is 1. The Labute approximate surface area is 101 Å². The van der Waals surface area contributed by atoms with Crippen LogP contribution in [-0.4, -0.2) is 22.4 Å². The fourth-order valence-electron chi connectivity index (χ4n) is 1.67. The van der Waals surface area contributed by atoms with E-state index in [1.807, 2.05) is 25.1 Å². The highest BCUT2D eigenvalue weighted by Gasteiger charge is 2.26. The Morgan fingerprint density at radius 1 is 1.25 bits per heavy atom. The molecule has 0 aliphatic heterocycles. The second kappa shape index (κ2) is 6.86. The number of rotatable bonds is 6. The van der Waals surface area contributed by atoms with Gasteiger partial charge in [0.1, 0.15) is 12.2 Å². The second-order valence-electron chi connectivity index (χ2n) is 3.85. The predicted molar refractivity (Wildman–Crippen MR) is 65.1 cm³/mol. The molecule has 0 amide bonds. The monoisotopic (exact) mass is 243 g/mol. The minimum absolute atomic E-state index is 0.304. The van der Waals surface area contributed by atoms with Gasteiger partial charge < -0.3 is 10.2 Å². The van der Waals surface area contributed by atoms with Gasteiger partial charge >= 0.3 is 0 Å². The Morgan fingerprint density at radius 2 is 1.88 bits per heavy atom. The zero-order chi connectivity index (χ0) is 12.0. The van der Waals surface area contributed by atoms with Gasteiger partial charge in [-0.1, -0.05) is 43.7 Å². The summed E-state index contributed by atoms with van der Waals surface area (Å²) in [7, 11) is 0. The second-order valence-corrected chi connectivity index (χ2v) is 4.07. The molecule has 0 aromatic heterocycles. The first-order chi connectivity index (χ1) is 7.70. The molecule has 0 aliphatic carbocycles. The minimum atomic E-state index is -0.913. The van der Waals surface area contributed by atoms with E-state index in [4.69, 9.17) is 11.8 Å². The van der Waals surface area contributed by atoms with Crippen LogP contribution >= 0.6 is 11.8 Å². The van der Waals surface area contributed by atoms with E-state index < -0.39 is 12.2 Å². The molecule has 0 aliphatic rings. The van der Waals surface area contributed by atoms with Gasteiger partial charge in [0.25, 0.3) is 0 Å². The van der Waals surface area contributed by atoms with Crippen LogP contribution in [0, 0.1) is 0 Å². The maximum atomic E-state index is 9.97. The summed E-state index contributed by atoms with van der Waals surface area (Å²) in [6, 6.07) is 8.78. The molecule has 0 radical (unpaired) electrons. The Bertz CT molecular complexity index is 294. The van der Waals surface area contributed by atoms with Crippen LogP contribution < -0.4 is 4.84 Å². The molecule has 3 N–H and O–H groups in total. The van der Waals surface area contributed by atoms with Crippen LogP contribution in [0.3, 0.4) is 0 Å². The zero-order valence-electron chi connectivity index (χ0n) is 9.31. The molecule has 16 heavy (non-hydrogen) atoms. The van der Waals surface area contributed by atoms with Gasteiger partial charge in [-0.3, -0.25) is 0 Å². The predicted octanol–water partition coefficient (Wildman–Crippen LogP) is 1.99. The van der Waals surface area contributed by atoms with E-state index in [9.17, 15) is 10.2 Å². The number of halogens is 1. The van der Waals surface area contributed by atoms with Crippen LogP contribution in [0.15, 0.2) is 30.3 Å². The third-order valence-corrected chi connectivity index (χ3v) is 2.90. The van der Waals surface area contributed by atoms with Crippen molar-refractivity contribution >= 4 is 11.8 Å². The summed E-state index contributed by atoms with van der Waals surface area (Å²) < 4.78 is 0. The van der Waals surface area contributed by atoms with Crippen LogP contribution in [0.2, 0.25) is 0 Å². The van der Waals surface area contributed by atoms with Gasteiger partial charge in [0.05, 0.1) is 6.04 Å². The number of hydrogen-bond acceptors (Lipinski definition) is 3. The Hall–Kier alpha value is -0.610. The number of hydrogen-bond donors (Lipinski definition) is 3. The average molecular weight is 244 g/mol. The molecular formula is C12H18ClNO2. The first kappa shape index (κ1) is 13.5. The van der Waals surface area contributed by atoms with Crippen molar-refractivity contribution in [3.63, 3.8) is 0 Å². The van der Waals surface area contributed by atoms with Crippen molar-refractivity contribution < 1.29 is 10.2 Å². The molecule has 1 rings (SSSR count). The van der Waals surface area contributed by atoms with Crippen molar-refractivity contribution in [3.05, 3.63) is 35.9 Å². The number of aliphatic hydroxyl groups excluding tert-OH is 2. The van der Waals surface area contributed by atoms with Gasteiger partial charge in [-0.05, 0) is 23.8 Å².